The molecule has 4 rings (SSSR count). The lowest BCUT2D eigenvalue weighted by molar-refractivity contribution is -0.138. The Morgan fingerprint density at radius 3 is 2.35 bits per heavy atom. The number of aromatic nitrogens is 2. The summed E-state index contributed by atoms with van der Waals surface area (Å²) < 4.78 is 1.68. The fourth-order valence-electron chi connectivity index (χ4n) is 3.90. The zero-order chi connectivity index (χ0) is 24.6. The summed E-state index contributed by atoms with van der Waals surface area (Å²) in [6.07, 6.45) is 0.201. The Bertz CT molecular complexity index is 1400. The maximum Gasteiger partial charge on any atom is 0.311 e. The topological polar surface area (TPSA) is 55.1 Å². The van der Waals surface area contributed by atoms with Gasteiger partial charge in [0.25, 0.3) is 0 Å². The molecule has 8 heteroatoms. The first-order valence-corrected chi connectivity index (χ1v) is 11.9. The van der Waals surface area contributed by atoms with Crippen LogP contribution in [0.3, 0.4) is 0 Å². The van der Waals surface area contributed by atoms with E-state index in [1.807, 2.05) is 44.2 Å². The Kier molecular flexibility index (Phi) is 7.25. The van der Waals surface area contributed by atoms with Crippen molar-refractivity contribution in [1.29, 1.82) is 0 Å². The molecular formula is C26H20Cl4N2O2. The lowest BCUT2D eigenvalue weighted by atomic mass is 9.89. The van der Waals surface area contributed by atoms with Crippen molar-refractivity contribution >= 4 is 52.4 Å². The zero-order valence-electron chi connectivity index (χ0n) is 18.3. The predicted octanol–water partition coefficient (Wildman–Crippen LogP) is 8.18. The van der Waals surface area contributed by atoms with E-state index in [2.05, 4.69) is 0 Å². The van der Waals surface area contributed by atoms with Crippen LogP contribution >= 0.6 is 46.4 Å². The van der Waals surface area contributed by atoms with E-state index >= 15 is 0 Å². The molecule has 0 spiro atoms. The van der Waals surface area contributed by atoms with E-state index in [9.17, 15) is 9.90 Å². The lowest BCUT2D eigenvalue weighted by Crippen LogP contribution is -2.16. The molecule has 174 valence electrons. The van der Waals surface area contributed by atoms with Crippen LogP contribution in [0.4, 0.5) is 0 Å². The summed E-state index contributed by atoms with van der Waals surface area (Å²) >= 11 is 25.0. The summed E-state index contributed by atoms with van der Waals surface area (Å²) in [7, 11) is 0. The molecule has 1 unspecified atom stereocenters. The second-order valence-corrected chi connectivity index (χ2v) is 9.77. The van der Waals surface area contributed by atoms with Gasteiger partial charge in [0.05, 0.1) is 38.1 Å². The van der Waals surface area contributed by atoms with Gasteiger partial charge >= 0.3 is 5.97 Å². The van der Waals surface area contributed by atoms with Gasteiger partial charge in [-0.15, -0.1) is 0 Å². The Morgan fingerprint density at radius 1 is 0.912 bits per heavy atom. The number of carbonyl (C=O) groups is 1. The minimum atomic E-state index is -0.913. The van der Waals surface area contributed by atoms with Gasteiger partial charge < -0.3 is 5.11 Å². The van der Waals surface area contributed by atoms with E-state index in [0.29, 0.717) is 37.2 Å². The molecular weight excluding hydrogens is 514 g/mol. The van der Waals surface area contributed by atoms with Crippen LogP contribution in [-0.2, 0) is 11.2 Å². The standard InChI is InChI=1S/C26H20Cl4N2O2/c1-14-3-4-15(2)19(9-14)20(26(33)34)12-18-13-25(16-5-7-21(28)22(29)10-16)32(31-18)24-8-6-17(27)11-23(24)30/h3-11,13,20H,12H2,1-2H3,(H,33,34). The Hall–Kier alpha value is -2.50. The van der Waals surface area contributed by atoms with E-state index < -0.39 is 11.9 Å². The van der Waals surface area contributed by atoms with Gasteiger partial charge in [-0.2, -0.15) is 5.10 Å². The van der Waals surface area contributed by atoms with Gasteiger partial charge in [-0.25, -0.2) is 4.68 Å². The van der Waals surface area contributed by atoms with Gasteiger partial charge in [-0.1, -0.05) is 76.2 Å². The highest BCUT2D eigenvalue weighted by Crippen LogP contribution is 2.34. The SMILES string of the molecule is Cc1ccc(C)c(C(Cc2cc(-c3ccc(Cl)c(Cl)c3)n(-c3ccc(Cl)cc3Cl)n2)C(=O)O)c1. The van der Waals surface area contributed by atoms with Crippen molar-refractivity contribution < 1.29 is 9.90 Å². The van der Waals surface area contributed by atoms with E-state index in [4.69, 9.17) is 51.5 Å². The van der Waals surface area contributed by atoms with Gasteiger partial charge in [-0.05, 0) is 61.4 Å². The van der Waals surface area contributed by atoms with Crippen LogP contribution in [0.5, 0.6) is 0 Å². The number of halogens is 4. The number of aliphatic carboxylic acids is 1. The minimum Gasteiger partial charge on any atom is -0.481 e. The quantitative estimate of drug-likeness (QED) is 0.272. The molecule has 4 aromatic rings. The molecule has 0 amide bonds. The van der Waals surface area contributed by atoms with E-state index in [-0.39, 0.29) is 6.42 Å². The second-order valence-electron chi connectivity index (χ2n) is 8.11. The lowest BCUT2D eigenvalue weighted by Gasteiger charge is -2.15. The highest BCUT2D eigenvalue weighted by atomic mass is 35.5. The smallest absolute Gasteiger partial charge is 0.311 e. The summed E-state index contributed by atoms with van der Waals surface area (Å²) in [5.41, 5.74) is 5.35. The van der Waals surface area contributed by atoms with Crippen LogP contribution in [0.15, 0.2) is 60.7 Å². The van der Waals surface area contributed by atoms with Gasteiger partial charge in [0.15, 0.2) is 0 Å². The fourth-order valence-corrected chi connectivity index (χ4v) is 4.69. The maximum atomic E-state index is 12.3. The molecule has 0 bridgehead atoms. The van der Waals surface area contributed by atoms with Crippen LogP contribution < -0.4 is 0 Å². The van der Waals surface area contributed by atoms with Crippen molar-refractivity contribution in [1.82, 2.24) is 9.78 Å². The van der Waals surface area contributed by atoms with E-state index in [1.54, 1.807) is 35.0 Å². The summed E-state index contributed by atoms with van der Waals surface area (Å²) in [5.74, 6) is -1.67. The van der Waals surface area contributed by atoms with Crippen molar-refractivity contribution in [3.8, 4) is 16.9 Å². The van der Waals surface area contributed by atoms with Crippen LogP contribution in [0.2, 0.25) is 20.1 Å². The van der Waals surface area contributed by atoms with E-state index in [1.165, 1.54) is 0 Å². The van der Waals surface area contributed by atoms with E-state index in [0.717, 1.165) is 22.3 Å². The van der Waals surface area contributed by atoms with Crippen LogP contribution in [0, 0.1) is 13.8 Å². The maximum absolute atomic E-state index is 12.3. The Labute approximate surface area is 217 Å². The molecule has 4 nitrogen and oxygen atoms in total. The minimum absolute atomic E-state index is 0.201. The number of carboxylic acid groups (broad SMARTS) is 1. The summed E-state index contributed by atoms with van der Waals surface area (Å²) in [6.45, 7) is 3.86. The Morgan fingerprint density at radius 2 is 1.68 bits per heavy atom. The fraction of sp³-hybridized carbons (Fsp3) is 0.154. The molecule has 0 radical (unpaired) electrons. The second kappa shape index (κ2) is 10.0. The van der Waals surface area contributed by atoms with Gasteiger partial charge in [-0.3, -0.25) is 4.79 Å². The molecule has 34 heavy (non-hydrogen) atoms. The van der Waals surface area contributed by atoms with Crippen LogP contribution in [0.25, 0.3) is 16.9 Å². The van der Waals surface area contributed by atoms with Crippen molar-refractivity contribution in [2.75, 3.05) is 0 Å². The monoisotopic (exact) mass is 532 g/mol. The molecule has 0 saturated carbocycles. The Balaban J connectivity index is 1.85. The number of hydrogen-bond donors (Lipinski definition) is 1. The number of hydrogen-bond acceptors (Lipinski definition) is 2. The molecule has 0 saturated heterocycles. The molecule has 0 aliphatic rings. The van der Waals surface area contributed by atoms with Crippen molar-refractivity contribution in [2.45, 2.75) is 26.2 Å². The third kappa shape index (κ3) is 5.11. The third-order valence-electron chi connectivity index (χ3n) is 5.63. The predicted molar refractivity (Wildman–Crippen MR) is 139 cm³/mol. The summed E-state index contributed by atoms with van der Waals surface area (Å²) in [4.78, 5) is 12.3. The average molecular weight is 534 g/mol. The molecule has 1 N–H and O–H groups in total. The largest absolute Gasteiger partial charge is 0.481 e. The average Bonchev–Trinajstić information content (AvgIpc) is 3.19. The number of aryl methyl sites for hydroxylation is 2. The summed E-state index contributed by atoms with van der Waals surface area (Å²) in [5, 5.41) is 16.5. The highest BCUT2D eigenvalue weighted by Gasteiger charge is 2.25. The van der Waals surface area contributed by atoms with Crippen LogP contribution in [-0.4, -0.2) is 20.9 Å². The molecule has 1 aromatic heterocycles. The third-order valence-corrected chi connectivity index (χ3v) is 6.91. The zero-order valence-corrected chi connectivity index (χ0v) is 21.3. The van der Waals surface area contributed by atoms with Gasteiger partial charge in [0.1, 0.15) is 0 Å². The molecule has 0 fully saturated rings. The van der Waals surface area contributed by atoms with Crippen molar-refractivity contribution in [3.05, 3.63) is 103 Å². The molecule has 0 aliphatic carbocycles. The number of carboxylic acids is 1. The first kappa shape index (κ1) is 24.6. The first-order chi connectivity index (χ1) is 16.1. The van der Waals surface area contributed by atoms with Gasteiger partial charge in [0.2, 0.25) is 0 Å². The number of rotatable bonds is 6. The van der Waals surface area contributed by atoms with Crippen molar-refractivity contribution in [2.24, 2.45) is 0 Å². The number of benzene rings is 3. The number of nitrogens with zero attached hydrogens (tertiary/aromatic N) is 2. The normalized spacial score (nSPS) is 12.1. The van der Waals surface area contributed by atoms with Crippen molar-refractivity contribution in [3.63, 3.8) is 0 Å². The molecule has 0 aliphatic heterocycles. The molecule has 1 heterocycles. The van der Waals surface area contributed by atoms with Gasteiger partial charge in [0, 0.05) is 17.0 Å². The molecule has 3 aromatic carbocycles. The van der Waals surface area contributed by atoms with Crippen LogP contribution in [0.1, 0.15) is 28.3 Å². The highest BCUT2D eigenvalue weighted by molar-refractivity contribution is 6.42. The summed E-state index contributed by atoms with van der Waals surface area (Å²) in [6, 6.07) is 18.1. The molecule has 1 atom stereocenters. The first-order valence-electron chi connectivity index (χ1n) is 10.4.